The van der Waals surface area contributed by atoms with E-state index in [-0.39, 0.29) is 6.10 Å². The molecule has 0 amide bonds. The predicted molar refractivity (Wildman–Crippen MR) is 85.7 cm³/mol. The van der Waals surface area contributed by atoms with Crippen molar-refractivity contribution in [2.45, 2.75) is 96.5 Å². The summed E-state index contributed by atoms with van der Waals surface area (Å²) in [5.74, 6) is 0. The van der Waals surface area contributed by atoms with Crippen molar-refractivity contribution in [2.24, 2.45) is 5.11 Å². The summed E-state index contributed by atoms with van der Waals surface area (Å²) in [4.78, 5) is 2.68. The van der Waals surface area contributed by atoms with Crippen LogP contribution in [0, 0.1) is 0 Å². The van der Waals surface area contributed by atoms with Crippen molar-refractivity contribution in [3.05, 3.63) is 10.4 Å². The van der Waals surface area contributed by atoms with Crippen molar-refractivity contribution in [2.75, 3.05) is 6.54 Å². The number of aliphatic hydroxyl groups is 1. The molecule has 4 nitrogen and oxygen atoms in total. The van der Waals surface area contributed by atoms with E-state index < -0.39 is 0 Å². The lowest BCUT2D eigenvalue weighted by atomic mass is 10.0. The van der Waals surface area contributed by atoms with Crippen LogP contribution in [0.25, 0.3) is 10.4 Å². The van der Waals surface area contributed by atoms with Gasteiger partial charge in [-0.25, -0.2) is 0 Å². The molecule has 0 saturated carbocycles. The molecule has 0 saturated heterocycles. The molecule has 1 N–H and O–H groups in total. The Morgan fingerprint density at radius 3 is 1.85 bits per heavy atom. The topological polar surface area (TPSA) is 69.0 Å². The fourth-order valence-electron chi connectivity index (χ4n) is 2.44. The molecule has 0 aliphatic rings. The molecule has 0 bridgehead atoms. The van der Waals surface area contributed by atoms with Gasteiger partial charge in [0.2, 0.25) is 0 Å². The lowest BCUT2D eigenvalue weighted by Crippen LogP contribution is -2.07. The van der Waals surface area contributed by atoms with Crippen LogP contribution in [-0.2, 0) is 0 Å². The summed E-state index contributed by atoms with van der Waals surface area (Å²) in [6, 6.07) is 0. The van der Waals surface area contributed by atoms with Crippen LogP contribution in [0.2, 0.25) is 0 Å². The minimum absolute atomic E-state index is 0.293. The van der Waals surface area contributed by atoms with E-state index in [0.29, 0.717) is 13.0 Å². The van der Waals surface area contributed by atoms with Gasteiger partial charge in [-0.1, -0.05) is 82.7 Å². The molecule has 0 aliphatic carbocycles. The minimum atomic E-state index is -0.293. The summed E-state index contributed by atoms with van der Waals surface area (Å²) in [5, 5.41) is 13.1. The van der Waals surface area contributed by atoms with Gasteiger partial charge < -0.3 is 5.11 Å². The van der Waals surface area contributed by atoms with Crippen LogP contribution in [0.3, 0.4) is 0 Å². The van der Waals surface area contributed by atoms with Crippen molar-refractivity contribution < 1.29 is 5.11 Å². The lowest BCUT2D eigenvalue weighted by Gasteiger charge is -2.08. The van der Waals surface area contributed by atoms with Gasteiger partial charge in [-0.15, -0.1) is 0 Å². The fraction of sp³-hybridized carbons (Fsp3) is 1.00. The normalized spacial score (nSPS) is 12.1. The van der Waals surface area contributed by atoms with E-state index in [0.717, 1.165) is 12.8 Å². The maximum absolute atomic E-state index is 9.64. The second-order valence-corrected chi connectivity index (χ2v) is 5.72. The van der Waals surface area contributed by atoms with Gasteiger partial charge in [0.25, 0.3) is 0 Å². The van der Waals surface area contributed by atoms with Crippen LogP contribution in [-0.4, -0.2) is 17.8 Å². The molecule has 0 rings (SSSR count). The first kappa shape index (κ1) is 19.3. The maximum Gasteiger partial charge on any atom is 0.0541 e. The average Bonchev–Trinajstić information content (AvgIpc) is 2.45. The molecule has 0 aromatic carbocycles. The third-order valence-corrected chi connectivity index (χ3v) is 3.77. The number of azide groups is 1. The standard InChI is InChI=1S/C16H33N3O/c1-2-3-4-5-6-7-8-9-10-11-12-13-16(20)14-15-18-19-17/h16,20H,2-15H2,1H3/t16-/m0/s1. The highest BCUT2D eigenvalue weighted by Crippen LogP contribution is 2.13. The monoisotopic (exact) mass is 283 g/mol. The van der Waals surface area contributed by atoms with Gasteiger partial charge in [0.1, 0.15) is 0 Å². The van der Waals surface area contributed by atoms with Gasteiger partial charge in [-0.05, 0) is 18.4 Å². The van der Waals surface area contributed by atoms with Crippen molar-refractivity contribution in [3.8, 4) is 0 Å². The molecule has 0 aliphatic heterocycles. The van der Waals surface area contributed by atoms with Gasteiger partial charge in [-0.3, -0.25) is 0 Å². The van der Waals surface area contributed by atoms with Crippen molar-refractivity contribution in [3.63, 3.8) is 0 Å². The zero-order chi connectivity index (χ0) is 14.9. The summed E-state index contributed by atoms with van der Waals surface area (Å²) < 4.78 is 0. The Hall–Kier alpha value is -0.730. The lowest BCUT2D eigenvalue weighted by molar-refractivity contribution is 0.153. The Labute approximate surface area is 124 Å². The number of hydrogen-bond acceptors (Lipinski definition) is 2. The molecule has 0 aromatic heterocycles. The summed E-state index contributed by atoms with van der Waals surface area (Å²) in [7, 11) is 0. The summed E-state index contributed by atoms with van der Waals surface area (Å²) >= 11 is 0. The first-order chi connectivity index (χ1) is 9.81. The smallest absolute Gasteiger partial charge is 0.0541 e. The van der Waals surface area contributed by atoms with E-state index in [1.807, 2.05) is 0 Å². The highest BCUT2D eigenvalue weighted by atomic mass is 16.3. The van der Waals surface area contributed by atoms with Crippen LogP contribution >= 0.6 is 0 Å². The average molecular weight is 283 g/mol. The van der Waals surface area contributed by atoms with Crippen LogP contribution in [0.5, 0.6) is 0 Å². The fourth-order valence-corrected chi connectivity index (χ4v) is 2.44. The van der Waals surface area contributed by atoms with Gasteiger partial charge in [-0.2, -0.15) is 0 Å². The number of aliphatic hydroxyl groups excluding tert-OH is 1. The second-order valence-electron chi connectivity index (χ2n) is 5.72. The van der Waals surface area contributed by atoms with E-state index in [4.69, 9.17) is 5.53 Å². The molecule has 0 spiro atoms. The van der Waals surface area contributed by atoms with E-state index in [1.165, 1.54) is 64.2 Å². The molecule has 0 radical (unpaired) electrons. The summed E-state index contributed by atoms with van der Waals surface area (Å²) in [5.41, 5.74) is 8.13. The molecular weight excluding hydrogens is 250 g/mol. The maximum atomic E-state index is 9.64. The molecule has 20 heavy (non-hydrogen) atoms. The highest BCUT2D eigenvalue weighted by Gasteiger charge is 2.02. The zero-order valence-electron chi connectivity index (χ0n) is 13.3. The quantitative estimate of drug-likeness (QED) is 0.177. The molecule has 1 atom stereocenters. The number of nitrogens with zero attached hydrogens (tertiary/aromatic N) is 3. The first-order valence-corrected chi connectivity index (χ1v) is 8.50. The Kier molecular flexibility index (Phi) is 15.7. The number of unbranched alkanes of at least 4 members (excludes halogenated alkanes) is 10. The second kappa shape index (κ2) is 16.3. The van der Waals surface area contributed by atoms with Gasteiger partial charge >= 0.3 is 0 Å². The predicted octanol–water partition coefficient (Wildman–Crippen LogP) is 5.75. The van der Waals surface area contributed by atoms with Crippen LogP contribution in [0.4, 0.5) is 0 Å². The van der Waals surface area contributed by atoms with Crippen LogP contribution in [0.15, 0.2) is 5.11 Å². The molecule has 0 unspecified atom stereocenters. The largest absolute Gasteiger partial charge is 0.393 e. The number of rotatable bonds is 15. The van der Waals surface area contributed by atoms with Crippen molar-refractivity contribution >= 4 is 0 Å². The Bertz CT molecular complexity index is 240. The van der Waals surface area contributed by atoms with Crippen LogP contribution in [0.1, 0.15) is 90.4 Å². The van der Waals surface area contributed by atoms with Gasteiger partial charge in [0.15, 0.2) is 0 Å². The number of hydrogen-bond donors (Lipinski definition) is 1. The van der Waals surface area contributed by atoms with Gasteiger partial charge in [0.05, 0.1) is 6.10 Å². The molecule has 118 valence electrons. The third kappa shape index (κ3) is 15.3. The highest BCUT2D eigenvalue weighted by molar-refractivity contribution is 4.59. The van der Waals surface area contributed by atoms with E-state index in [2.05, 4.69) is 16.9 Å². The molecule has 0 heterocycles. The molecule has 0 aromatic rings. The molecule has 0 fully saturated rings. The minimum Gasteiger partial charge on any atom is -0.393 e. The SMILES string of the molecule is CCCCCCCCCCCCC[C@H](O)CCN=[N+]=[N-]. The van der Waals surface area contributed by atoms with Crippen LogP contribution < -0.4 is 0 Å². The molecule has 4 heteroatoms. The third-order valence-electron chi connectivity index (χ3n) is 3.77. The summed E-state index contributed by atoms with van der Waals surface area (Å²) in [6.07, 6.45) is 15.8. The Balaban J connectivity index is 3.10. The van der Waals surface area contributed by atoms with Crippen molar-refractivity contribution in [1.29, 1.82) is 0 Å². The summed E-state index contributed by atoms with van der Waals surface area (Å²) in [6.45, 7) is 2.67. The Morgan fingerprint density at radius 1 is 0.850 bits per heavy atom. The first-order valence-electron chi connectivity index (χ1n) is 8.50. The van der Waals surface area contributed by atoms with Gasteiger partial charge in [0, 0.05) is 11.5 Å². The Morgan fingerprint density at radius 2 is 1.35 bits per heavy atom. The van der Waals surface area contributed by atoms with Crippen molar-refractivity contribution in [1.82, 2.24) is 0 Å². The van der Waals surface area contributed by atoms with E-state index in [9.17, 15) is 5.11 Å². The zero-order valence-corrected chi connectivity index (χ0v) is 13.3. The van der Waals surface area contributed by atoms with E-state index in [1.54, 1.807) is 0 Å². The van der Waals surface area contributed by atoms with E-state index >= 15 is 0 Å². The molecular formula is C16H33N3O.